The molecule has 0 spiro atoms. The van der Waals surface area contributed by atoms with Crippen LogP contribution in [0.25, 0.3) is 10.9 Å². The molecule has 2 rings (SSSR count). The Morgan fingerprint density at radius 3 is 2.83 bits per heavy atom. The highest BCUT2D eigenvalue weighted by atomic mass is 15.1. The second kappa shape index (κ2) is 6.05. The Kier molecular flexibility index (Phi) is 4.43. The number of hydrogen-bond donors (Lipinski definition) is 1. The molecule has 2 aromatic rings. The molecule has 0 aliphatic carbocycles. The first-order chi connectivity index (χ1) is 8.72. The molecule has 0 fully saturated rings. The third-order valence-corrected chi connectivity index (χ3v) is 3.81. The lowest BCUT2D eigenvalue weighted by atomic mass is 10.1. The topological polar surface area (TPSA) is 19.0 Å². The Morgan fingerprint density at radius 1 is 1.28 bits per heavy atom. The van der Waals surface area contributed by atoms with Crippen molar-refractivity contribution in [2.24, 2.45) is 0 Å². The maximum Gasteiger partial charge on any atom is 0.0456 e. The van der Waals surface area contributed by atoms with Gasteiger partial charge in [0.2, 0.25) is 0 Å². The molecule has 1 atom stereocenters. The first-order valence-corrected chi connectivity index (χ1v) is 6.97. The smallest absolute Gasteiger partial charge is 0.0456 e. The van der Waals surface area contributed by atoms with Crippen molar-refractivity contribution in [3.63, 3.8) is 0 Å². The lowest BCUT2D eigenvalue weighted by molar-refractivity contribution is 0.253. The van der Waals surface area contributed by atoms with Gasteiger partial charge in [-0.2, -0.15) is 0 Å². The largest absolute Gasteiger partial charge is 0.361 e. The second-order valence-corrected chi connectivity index (χ2v) is 5.25. The van der Waals surface area contributed by atoms with E-state index in [4.69, 9.17) is 0 Å². The fourth-order valence-corrected chi connectivity index (χ4v) is 2.40. The molecule has 0 bridgehead atoms. The average Bonchev–Trinajstić information content (AvgIpc) is 2.79. The molecule has 0 aliphatic rings. The van der Waals surface area contributed by atoms with Crippen molar-refractivity contribution >= 4 is 10.9 Å². The third-order valence-electron chi connectivity index (χ3n) is 3.81. The number of nitrogens with one attached hydrogen (secondary N) is 1. The summed E-state index contributed by atoms with van der Waals surface area (Å²) in [7, 11) is 2.23. The Morgan fingerprint density at radius 2 is 2.06 bits per heavy atom. The van der Waals surface area contributed by atoms with E-state index in [9.17, 15) is 0 Å². The molecular formula is C16H24N2. The van der Waals surface area contributed by atoms with Crippen molar-refractivity contribution < 1.29 is 0 Å². The monoisotopic (exact) mass is 244 g/mol. The van der Waals surface area contributed by atoms with E-state index in [1.165, 1.54) is 35.9 Å². The molecule has 0 saturated carbocycles. The summed E-state index contributed by atoms with van der Waals surface area (Å²) in [5.41, 5.74) is 2.68. The highest BCUT2D eigenvalue weighted by Crippen LogP contribution is 2.20. The van der Waals surface area contributed by atoms with Crippen LogP contribution in [-0.2, 0) is 6.42 Å². The quantitative estimate of drug-likeness (QED) is 0.818. The van der Waals surface area contributed by atoms with Crippen LogP contribution in [-0.4, -0.2) is 29.5 Å². The van der Waals surface area contributed by atoms with Crippen molar-refractivity contribution in [1.29, 1.82) is 0 Å². The van der Waals surface area contributed by atoms with Crippen LogP contribution < -0.4 is 0 Å². The number of nitrogens with zero attached hydrogens (tertiary/aromatic N) is 1. The summed E-state index contributed by atoms with van der Waals surface area (Å²) in [6.07, 6.45) is 5.83. The maximum absolute atomic E-state index is 3.36. The first-order valence-electron chi connectivity index (χ1n) is 6.97. The van der Waals surface area contributed by atoms with E-state index in [2.05, 4.69) is 61.2 Å². The van der Waals surface area contributed by atoms with Crippen molar-refractivity contribution in [2.45, 2.75) is 39.2 Å². The molecule has 1 heterocycles. The minimum atomic E-state index is 0.593. The van der Waals surface area contributed by atoms with E-state index in [0.717, 1.165) is 6.42 Å². The molecule has 0 radical (unpaired) electrons. The van der Waals surface area contributed by atoms with Crippen molar-refractivity contribution in [2.75, 3.05) is 13.6 Å². The first kappa shape index (κ1) is 13.2. The Bertz CT molecular complexity index is 487. The van der Waals surface area contributed by atoms with Crippen LogP contribution in [0.5, 0.6) is 0 Å². The number of aromatic nitrogens is 1. The summed E-state index contributed by atoms with van der Waals surface area (Å²) in [5, 5.41) is 1.37. The number of rotatable bonds is 6. The van der Waals surface area contributed by atoms with E-state index in [0.29, 0.717) is 6.04 Å². The minimum absolute atomic E-state index is 0.593. The van der Waals surface area contributed by atoms with E-state index in [-0.39, 0.29) is 0 Å². The van der Waals surface area contributed by atoms with Gasteiger partial charge in [0.25, 0.3) is 0 Å². The third kappa shape index (κ3) is 2.94. The van der Waals surface area contributed by atoms with Gasteiger partial charge < -0.3 is 9.88 Å². The van der Waals surface area contributed by atoms with Crippen LogP contribution in [0.4, 0.5) is 0 Å². The van der Waals surface area contributed by atoms with Crippen molar-refractivity contribution in [3.05, 3.63) is 36.0 Å². The van der Waals surface area contributed by atoms with Crippen LogP contribution in [0.15, 0.2) is 30.5 Å². The molecule has 1 aromatic carbocycles. The molecular weight excluding hydrogens is 220 g/mol. The van der Waals surface area contributed by atoms with Gasteiger partial charge in [0.05, 0.1) is 0 Å². The van der Waals surface area contributed by atoms with Crippen molar-refractivity contribution in [1.82, 2.24) is 9.88 Å². The number of fused-ring (bicyclic) bond motifs is 1. The van der Waals surface area contributed by atoms with Gasteiger partial charge in [-0.15, -0.1) is 0 Å². The van der Waals surface area contributed by atoms with Gasteiger partial charge in [-0.3, -0.25) is 0 Å². The highest BCUT2D eigenvalue weighted by molar-refractivity contribution is 5.83. The molecule has 18 heavy (non-hydrogen) atoms. The standard InChI is InChI=1S/C16H24N2/c1-4-5-10-18(3)13(2)11-14-12-17-16-9-7-6-8-15(14)16/h6-9,12-13,17H,4-5,10-11H2,1-3H3. The average molecular weight is 244 g/mol. The van der Waals surface area contributed by atoms with Gasteiger partial charge in [-0.1, -0.05) is 31.5 Å². The zero-order valence-electron chi connectivity index (χ0n) is 11.7. The summed E-state index contributed by atoms with van der Waals surface area (Å²) in [6, 6.07) is 9.14. The van der Waals surface area contributed by atoms with Crippen LogP contribution in [0.3, 0.4) is 0 Å². The van der Waals surface area contributed by atoms with Crippen LogP contribution in [0, 0.1) is 0 Å². The van der Waals surface area contributed by atoms with E-state index >= 15 is 0 Å². The summed E-state index contributed by atoms with van der Waals surface area (Å²) in [4.78, 5) is 5.82. The summed E-state index contributed by atoms with van der Waals surface area (Å²) in [6.45, 7) is 5.76. The Balaban J connectivity index is 2.04. The van der Waals surface area contributed by atoms with E-state index < -0.39 is 0 Å². The number of H-pyrrole nitrogens is 1. The lowest BCUT2D eigenvalue weighted by Crippen LogP contribution is -2.31. The summed E-state index contributed by atoms with van der Waals surface area (Å²) in [5.74, 6) is 0. The van der Waals surface area contributed by atoms with Crippen LogP contribution in [0.1, 0.15) is 32.3 Å². The lowest BCUT2D eigenvalue weighted by Gasteiger charge is -2.24. The van der Waals surface area contributed by atoms with Crippen LogP contribution >= 0.6 is 0 Å². The normalized spacial score (nSPS) is 13.3. The Labute approximate surface area is 110 Å². The highest BCUT2D eigenvalue weighted by Gasteiger charge is 2.11. The number of unbranched alkanes of at least 4 members (excludes halogenated alkanes) is 1. The molecule has 0 aliphatic heterocycles. The number of para-hydroxylation sites is 1. The summed E-state index contributed by atoms with van der Waals surface area (Å²) >= 11 is 0. The zero-order valence-corrected chi connectivity index (χ0v) is 11.7. The predicted octanol–water partition coefficient (Wildman–Crippen LogP) is 3.83. The molecule has 1 unspecified atom stereocenters. The fraction of sp³-hybridized carbons (Fsp3) is 0.500. The number of hydrogen-bond acceptors (Lipinski definition) is 1. The van der Waals surface area contributed by atoms with Gasteiger partial charge in [0.1, 0.15) is 0 Å². The van der Waals surface area contributed by atoms with E-state index in [1.54, 1.807) is 0 Å². The maximum atomic E-state index is 3.36. The molecule has 2 nitrogen and oxygen atoms in total. The molecule has 0 saturated heterocycles. The van der Waals surface area contributed by atoms with E-state index in [1.807, 2.05) is 0 Å². The minimum Gasteiger partial charge on any atom is -0.361 e. The Hall–Kier alpha value is -1.28. The van der Waals surface area contributed by atoms with Gasteiger partial charge in [0.15, 0.2) is 0 Å². The van der Waals surface area contributed by atoms with Crippen LogP contribution in [0.2, 0.25) is 0 Å². The molecule has 2 heteroatoms. The number of aromatic amines is 1. The SMILES string of the molecule is CCCCN(C)C(C)Cc1c[nH]c2ccccc12. The van der Waals surface area contributed by atoms with Gasteiger partial charge in [0, 0.05) is 23.1 Å². The molecule has 98 valence electrons. The van der Waals surface area contributed by atoms with Crippen molar-refractivity contribution in [3.8, 4) is 0 Å². The fourth-order valence-electron chi connectivity index (χ4n) is 2.40. The molecule has 1 aromatic heterocycles. The van der Waals surface area contributed by atoms with Gasteiger partial charge in [-0.05, 0) is 45.0 Å². The molecule has 1 N–H and O–H groups in total. The number of likely N-dealkylation sites (N-methyl/N-ethyl adjacent to an activating group) is 1. The second-order valence-electron chi connectivity index (χ2n) is 5.25. The predicted molar refractivity (Wildman–Crippen MR) is 79.0 cm³/mol. The summed E-state index contributed by atoms with van der Waals surface area (Å²) < 4.78 is 0. The zero-order chi connectivity index (χ0) is 13.0. The van der Waals surface area contributed by atoms with Gasteiger partial charge in [-0.25, -0.2) is 0 Å². The van der Waals surface area contributed by atoms with Gasteiger partial charge >= 0.3 is 0 Å². The number of benzene rings is 1. The molecule has 0 amide bonds.